The predicted molar refractivity (Wildman–Crippen MR) is 105 cm³/mol. The van der Waals surface area contributed by atoms with Gasteiger partial charge in [0.05, 0.1) is 7.11 Å². The van der Waals surface area contributed by atoms with Crippen LogP contribution in [0.4, 0.5) is 16.3 Å². The molecule has 2 aliphatic heterocycles. The van der Waals surface area contributed by atoms with Crippen molar-refractivity contribution in [2.75, 3.05) is 37.0 Å². The van der Waals surface area contributed by atoms with E-state index in [-0.39, 0.29) is 17.9 Å². The molecule has 3 heterocycles. The molecule has 8 nitrogen and oxygen atoms in total. The Hall–Kier alpha value is -3.16. The molecular formula is C20H23N5O3. The van der Waals surface area contributed by atoms with E-state index in [4.69, 9.17) is 4.74 Å². The number of ether oxygens (including phenoxy) is 1. The average molecular weight is 381 g/mol. The molecule has 0 radical (unpaired) electrons. The highest BCUT2D eigenvalue weighted by Crippen LogP contribution is 2.38. The lowest BCUT2D eigenvalue weighted by molar-refractivity contribution is -0.127. The average Bonchev–Trinajstić information content (AvgIpc) is 3.30. The van der Waals surface area contributed by atoms with Crippen molar-refractivity contribution in [3.8, 4) is 5.88 Å². The minimum Gasteiger partial charge on any atom is -0.480 e. The van der Waals surface area contributed by atoms with Gasteiger partial charge in [-0.3, -0.25) is 15.0 Å². The van der Waals surface area contributed by atoms with Crippen LogP contribution < -0.4 is 15.0 Å². The van der Waals surface area contributed by atoms with Crippen molar-refractivity contribution in [2.45, 2.75) is 25.2 Å². The molecular weight excluding hydrogens is 358 g/mol. The van der Waals surface area contributed by atoms with Crippen LogP contribution in [0.15, 0.2) is 36.4 Å². The molecule has 1 saturated heterocycles. The molecule has 28 heavy (non-hydrogen) atoms. The molecule has 146 valence electrons. The molecule has 4 rings (SSSR count). The third-order valence-corrected chi connectivity index (χ3v) is 5.32. The smallest absolute Gasteiger partial charge is 0.327 e. The molecule has 0 bridgehead atoms. The minimum atomic E-state index is -0.244. The fraction of sp³-hybridized carbons (Fsp3) is 0.400. The number of fused-ring (bicyclic) bond motifs is 1. The number of rotatable bonds is 5. The van der Waals surface area contributed by atoms with E-state index in [0.29, 0.717) is 24.7 Å². The molecule has 0 spiro atoms. The summed E-state index contributed by atoms with van der Waals surface area (Å²) in [6.45, 7) is 2.15. The minimum absolute atomic E-state index is 0.206. The summed E-state index contributed by atoms with van der Waals surface area (Å²) in [6, 6.07) is 11.0. The summed E-state index contributed by atoms with van der Waals surface area (Å²) in [5.41, 5.74) is 2.05. The van der Waals surface area contributed by atoms with Gasteiger partial charge < -0.3 is 9.64 Å². The van der Waals surface area contributed by atoms with Crippen molar-refractivity contribution in [1.82, 2.24) is 15.1 Å². The molecule has 3 amide bonds. The van der Waals surface area contributed by atoms with Crippen molar-refractivity contribution >= 4 is 23.4 Å². The third kappa shape index (κ3) is 3.62. The summed E-state index contributed by atoms with van der Waals surface area (Å²) in [5, 5.41) is 10.6. The topological polar surface area (TPSA) is 87.7 Å². The zero-order valence-electron chi connectivity index (χ0n) is 15.8. The number of methoxy groups -OCH3 is 1. The number of para-hydroxylation sites is 1. The lowest BCUT2D eigenvalue weighted by Crippen LogP contribution is -2.35. The van der Waals surface area contributed by atoms with Crippen LogP contribution in [0.2, 0.25) is 0 Å². The number of nitrogens with zero attached hydrogens (tertiary/aromatic N) is 4. The summed E-state index contributed by atoms with van der Waals surface area (Å²) in [7, 11) is 1.51. The Morgan fingerprint density at radius 3 is 2.82 bits per heavy atom. The molecule has 1 aromatic heterocycles. The second kappa shape index (κ2) is 7.84. The van der Waals surface area contributed by atoms with Gasteiger partial charge in [0.2, 0.25) is 11.8 Å². The highest BCUT2D eigenvalue weighted by atomic mass is 16.5. The SMILES string of the molecule is COc1ccc(NC(=O)N2CC(CCN3CCCC3=O)c3ccccc32)nn1. The Morgan fingerprint density at radius 1 is 1.25 bits per heavy atom. The number of urea groups is 1. The van der Waals surface area contributed by atoms with Gasteiger partial charge in [-0.15, -0.1) is 10.2 Å². The number of likely N-dealkylation sites (tertiary alicyclic amines) is 1. The van der Waals surface area contributed by atoms with E-state index in [9.17, 15) is 9.59 Å². The molecule has 2 aliphatic rings. The number of anilines is 2. The molecule has 0 saturated carbocycles. The van der Waals surface area contributed by atoms with Crippen molar-refractivity contribution in [3.63, 3.8) is 0 Å². The van der Waals surface area contributed by atoms with Crippen LogP contribution >= 0.6 is 0 Å². The maximum Gasteiger partial charge on any atom is 0.327 e. The molecule has 1 atom stereocenters. The van der Waals surface area contributed by atoms with E-state index >= 15 is 0 Å². The lowest BCUT2D eigenvalue weighted by Gasteiger charge is -2.20. The first-order chi connectivity index (χ1) is 13.7. The van der Waals surface area contributed by atoms with Gasteiger partial charge in [-0.1, -0.05) is 18.2 Å². The van der Waals surface area contributed by atoms with E-state index < -0.39 is 0 Å². The second-order valence-corrected chi connectivity index (χ2v) is 7.03. The molecule has 0 aliphatic carbocycles. The first-order valence-electron chi connectivity index (χ1n) is 9.48. The molecule has 1 aromatic carbocycles. The van der Waals surface area contributed by atoms with Crippen molar-refractivity contribution < 1.29 is 14.3 Å². The molecule has 1 fully saturated rings. The van der Waals surface area contributed by atoms with E-state index in [0.717, 1.165) is 37.2 Å². The van der Waals surface area contributed by atoms with Gasteiger partial charge in [0, 0.05) is 43.7 Å². The zero-order chi connectivity index (χ0) is 19.5. The summed E-state index contributed by atoms with van der Waals surface area (Å²) < 4.78 is 4.99. The van der Waals surface area contributed by atoms with Gasteiger partial charge in [-0.05, 0) is 30.5 Å². The van der Waals surface area contributed by atoms with Crippen LogP contribution in [0.5, 0.6) is 5.88 Å². The number of amides is 3. The van der Waals surface area contributed by atoms with Gasteiger partial charge in [0.15, 0.2) is 5.82 Å². The number of hydrogen-bond donors (Lipinski definition) is 1. The quantitative estimate of drug-likeness (QED) is 0.860. The van der Waals surface area contributed by atoms with Crippen LogP contribution in [0.3, 0.4) is 0 Å². The van der Waals surface area contributed by atoms with Crippen LogP contribution in [-0.2, 0) is 4.79 Å². The van der Waals surface area contributed by atoms with Gasteiger partial charge in [-0.2, -0.15) is 0 Å². The Kier molecular flexibility index (Phi) is 5.10. The highest BCUT2D eigenvalue weighted by molar-refractivity contribution is 6.02. The summed E-state index contributed by atoms with van der Waals surface area (Å²) in [5.74, 6) is 1.20. The monoisotopic (exact) mass is 381 g/mol. The second-order valence-electron chi connectivity index (χ2n) is 7.03. The molecule has 8 heteroatoms. The molecule has 1 N–H and O–H groups in total. The molecule has 1 unspecified atom stereocenters. The van der Waals surface area contributed by atoms with Gasteiger partial charge in [0.25, 0.3) is 0 Å². The maximum atomic E-state index is 12.8. The number of carbonyl (C=O) groups is 2. The fourth-order valence-corrected chi connectivity index (χ4v) is 3.86. The number of hydrogen-bond acceptors (Lipinski definition) is 5. The van der Waals surface area contributed by atoms with Crippen LogP contribution in [-0.4, -0.2) is 53.8 Å². The number of carbonyl (C=O) groups excluding carboxylic acids is 2. The summed E-state index contributed by atoms with van der Waals surface area (Å²) in [4.78, 5) is 28.4. The van der Waals surface area contributed by atoms with Crippen LogP contribution in [0.1, 0.15) is 30.7 Å². The van der Waals surface area contributed by atoms with E-state index in [2.05, 4.69) is 21.6 Å². The van der Waals surface area contributed by atoms with Crippen molar-refractivity contribution in [2.24, 2.45) is 0 Å². The third-order valence-electron chi connectivity index (χ3n) is 5.32. The van der Waals surface area contributed by atoms with Crippen molar-refractivity contribution in [3.05, 3.63) is 42.0 Å². The summed E-state index contributed by atoms with van der Waals surface area (Å²) in [6.07, 6.45) is 2.44. The van der Waals surface area contributed by atoms with Crippen LogP contribution in [0.25, 0.3) is 0 Å². The molecule has 2 aromatic rings. The first-order valence-corrected chi connectivity index (χ1v) is 9.48. The lowest BCUT2D eigenvalue weighted by atomic mass is 9.98. The van der Waals surface area contributed by atoms with Gasteiger partial charge in [0.1, 0.15) is 0 Å². The van der Waals surface area contributed by atoms with Gasteiger partial charge >= 0.3 is 6.03 Å². The van der Waals surface area contributed by atoms with Crippen LogP contribution in [0, 0.1) is 0 Å². The summed E-state index contributed by atoms with van der Waals surface area (Å²) >= 11 is 0. The Balaban J connectivity index is 1.45. The normalized spacial score (nSPS) is 18.3. The first kappa shape index (κ1) is 18.2. The zero-order valence-corrected chi connectivity index (χ0v) is 15.8. The Morgan fingerprint density at radius 2 is 2.11 bits per heavy atom. The highest BCUT2D eigenvalue weighted by Gasteiger charge is 2.33. The Labute approximate surface area is 163 Å². The predicted octanol–water partition coefficient (Wildman–Crippen LogP) is 2.63. The Bertz CT molecular complexity index is 870. The van der Waals surface area contributed by atoms with Gasteiger partial charge in [-0.25, -0.2) is 4.79 Å². The fourth-order valence-electron chi connectivity index (χ4n) is 3.86. The van der Waals surface area contributed by atoms with E-state index in [1.165, 1.54) is 7.11 Å². The van der Waals surface area contributed by atoms with E-state index in [1.54, 1.807) is 17.0 Å². The maximum absolute atomic E-state index is 12.8. The number of benzene rings is 1. The largest absolute Gasteiger partial charge is 0.480 e. The standard InChI is InChI=1S/C20H23N5O3/c1-28-18-9-8-17(22-23-18)21-20(27)25-13-14(15-5-2-3-6-16(15)25)10-12-24-11-4-7-19(24)26/h2-3,5-6,8-9,14H,4,7,10-13H2,1H3,(H,21,22,27). The van der Waals surface area contributed by atoms with E-state index in [1.807, 2.05) is 23.1 Å². The number of nitrogens with one attached hydrogen (secondary N) is 1. The van der Waals surface area contributed by atoms with Crippen molar-refractivity contribution in [1.29, 1.82) is 0 Å². The number of aromatic nitrogens is 2.